The Bertz CT molecular complexity index is 897. The van der Waals surface area contributed by atoms with E-state index in [4.69, 9.17) is 24.7 Å². The predicted octanol–water partition coefficient (Wildman–Crippen LogP) is 1.60. The van der Waals surface area contributed by atoms with Gasteiger partial charge in [0, 0.05) is 5.56 Å². The number of ether oxygens (including phenoxy) is 4. The number of esters is 1. The molecule has 0 aliphatic rings. The third kappa shape index (κ3) is 6.40. The summed E-state index contributed by atoms with van der Waals surface area (Å²) in [6.45, 7) is 1.07. The number of benzene rings is 2. The zero-order valence-electron chi connectivity index (χ0n) is 17.0. The molecule has 30 heavy (non-hydrogen) atoms. The molecule has 0 spiro atoms. The van der Waals surface area contributed by atoms with Gasteiger partial charge in [0.1, 0.15) is 17.2 Å². The van der Waals surface area contributed by atoms with Gasteiger partial charge in [-0.25, -0.2) is 4.79 Å². The first-order chi connectivity index (χ1) is 14.3. The van der Waals surface area contributed by atoms with Crippen LogP contribution in [0.15, 0.2) is 42.5 Å². The van der Waals surface area contributed by atoms with Gasteiger partial charge in [-0.15, -0.1) is 0 Å². The second kappa shape index (κ2) is 10.7. The Labute approximate surface area is 174 Å². The predicted molar refractivity (Wildman–Crippen MR) is 108 cm³/mol. The van der Waals surface area contributed by atoms with Crippen LogP contribution >= 0.6 is 0 Å². The lowest BCUT2D eigenvalue weighted by atomic mass is 10.1. The molecule has 0 radical (unpaired) electrons. The monoisotopic (exact) mass is 416 g/mol. The molecule has 160 valence electrons. The third-order valence-electron chi connectivity index (χ3n) is 4.09. The van der Waals surface area contributed by atoms with Crippen molar-refractivity contribution in [1.29, 1.82) is 0 Å². The highest BCUT2D eigenvalue weighted by molar-refractivity contribution is 5.91. The van der Waals surface area contributed by atoms with E-state index in [0.717, 1.165) is 5.56 Å². The highest BCUT2D eigenvalue weighted by atomic mass is 16.5. The summed E-state index contributed by atoms with van der Waals surface area (Å²) in [6.07, 6.45) is 0. The molecule has 0 aromatic heterocycles. The second-order valence-electron chi connectivity index (χ2n) is 6.25. The average Bonchev–Trinajstić information content (AvgIpc) is 2.75. The lowest BCUT2D eigenvalue weighted by Crippen LogP contribution is -2.31. The second-order valence-corrected chi connectivity index (χ2v) is 6.25. The Balaban J connectivity index is 1.89. The molecule has 9 heteroatoms. The highest BCUT2D eigenvalue weighted by Gasteiger charge is 2.17. The van der Waals surface area contributed by atoms with Crippen molar-refractivity contribution in [3.05, 3.63) is 53.6 Å². The van der Waals surface area contributed by atoms with Crippen molar-refractivity contribution in [1.82, 2.24) is 5.32 Å². The van der Waals surface area contributed by atoms with Gasteiger partial charge in [-0.1, -0.05) is 0 Å². The Hall–Kier alpha value is -3.75. The number of hydrogen-bond acceptors (Lipinski definition) is 7. The number of hydrogen-bond donors (Lipinski definition) is 2. The summed E-state index contributed by atoms with van der Waals surface area (Å²) in [4.78, 5) is 35.0. The van der Waals surface area contributed by atoms with Crippen molar-refractivity contribution in [2.24, 2.45) is 5.73 Å². The quantitative estimate of drug-likeness (QED) is 0.563. The Morgan fingerprint density at radius 2 is 1.63 bits per heavy atom. The highest BCUT2D eigenvalue weighted by Crippen LogP contribution is 2.29. The minimum Gasteiger partial charge on any atom is -0.497 e. The van der Waals surface area contributed by atoms with E-state index in [9.17, 15) is 14.4 Å². The number of carbonyl (C=O) groups is 3. The van der Waals surface area contributed by atoms with Crippen molar-refractivity contribution in [3.8, 4) is 17.2 Å². The van der Waals surface area contributed by atoms with Crippen LogP contribution < -0.4 is 25.3 Å². The van der Waals surface area contributed by atoms with Crippen LogP contribution in [0.2, 0.25) is 0 Å². The fraction of sp³-hybridized carbons (Fsp3) is 0.286. The maximum absolute atomic E-state index is 12.2. The molecule has 0 saturated heterocycles. The molecule has 0 saturated carbocycles. The van der Waals surface area contributed by atoms with Crippen LogP contribution in [-0.2, 0) is 14.3 Å². The van der Waals surface area contributed by atoms with Crippen LogP contribution in [0.3, 0.4) is 0 Å². The van der Waals surface area contributed by atoms with Gasteiger partial charge in [-0.3, -0.25) is 9.59 Å². The Morgan fingerprint density at radius 1 is 0.967 bits per heavy atom. The minimum atomic E-state index is -0.668. The van der Waals surface area contributed by atoms with E-state index in [1.165, 1.54) is 31.4 Å². The Morgan fingerprint density at radius 3 is 2.23 bits per heavy atom. The van der Waals surface area contributed by atoms with Crippen LogP contribution in [-0.4, -0.2) is 45.2 Å². The fourth-order valence-corrected chi connectivity index (χ4v) is 2.59. The van der Waals surface area contributed by atoms with Crippen LogP contribution in [0.5, 0.6) is 17.2 Å². The standard InChI is InChI=1S/C21H24N2O7/c1-13(17-10-16(27-2)8-9-18(17)28-3)23-20(25)12-30-21(26)14-4-6-15(7-5-14)29-11-19(22)24/h4-10,13H,11-12H2,1-3H3,(H2,22,24)(H,23,25)/t13-/m0/s1. The van der Waals surface area contributed by atoms with Crippen LogP contribution in [0.25, 0.3) is 0 Å². The van der Waals surface area contributed by atoms with Crippen LogP contribution in [0.1, 0.15) is 28.9 Å². The first-order valence-electron chi connectivity index (χ1n) is 9.03. The number of carbonyl (C=O) groups excluding carboxylic acids is 3. The summed E-state index contributed by atoms with van der Waals surface area (Å²) < 4.78 is 20.7. The van der Waals surface area contributed by atoms with Crippen molar-refractivity contribution < 1.29 is 33.3 Å². The lowest BCUT2D eigenvalue weighted by molar-refractivity contribution is -0.125. The average molecular weight is 416 g/mol. The van der Waals surface area contributed by atoms with Gasteiger partial charge in [0.05, 0.1) is 25.8 Å². The molecule has 0 aliphatic carbocycles. The molecule has 2 aromatic carbocycles. The van der Waals surface area contributed by atoms with E-state index in [2.05, 4.69) is 5.32 Å². The molecular formula is C21H24N2O7. The number of nitrogens with two attached hydrogens (primary N) is 1. The smallest absolute Gasteiger partial charge is 0.338 e. The fourth-order valence-electron chi connectivity index (χ4n) is 2.59. The van der Waals surface area contributed by atoms with Gasteiger partial charge in [0.25, 0.3) is 11.8 Å². The van der Waals surface area contributed by atoms with Crippen LogP contribution in [0, 0.1) is 0 Å². The summed E-state index contributed by atoms with van der Waals surface area (Å²) in [5.74, 6) is -0.143. The zero-order chi connectivity index (χ0) is 22.1. The summed E-state index contributed by atoms with van der Waals surface area (Å²) in [5.41, 5.74) is 5.96. The number of nitrogens with one attached hydrogen (secondary N) is 1. The molecule has 9 nitrogen and oxygen atoms in total. The summed E-state index contributed by atoms with van der Waals surface area (Å²) >= 11 is 0. The van der Waals surface area contributed by atoms with Gasteiger partial charge < -0.3 is 30.0 Å². The maximum Gasteiger partial charge on any atom is 0.338 e. The summed E-state index contributed by atoms with van der Waals surface area (Å²) in [6, 6.07) is 10.8. The van der Waals surface area contributed by atoms with Crippen molar-refractivity contribution in [2.45, 2.75) is 13.0 Å². The van der Waals surface area contributed by atoms with Gasteiger partial charge in [-0.2, -0.15) is 0 Å². The summed E-state index contributed by atoms with van der Waals surface area (Å²) in [7, 11) is 3.08. The molecular weight excluding hydrogens is 392 g/mol. The van der Waals surface area contributed by atoms with Crippen molar-refractivity contribution in [3.63, 3.8) is 0 Å². The largest absolute Gasteiger partial charge is 0.497 e. The van der Waals surface area contributed by atoms with Gasteiger partial charge in [0.2, 0.25) is 0 Å². The molecule has 2 amide bonds. The van der Waals surface area contributed by atoms with Crippen molar-refractivity contribution >= 4 is 17.8 Å². The van der Waals surface area contributed by atoms with E-state index in [1.54, 1.807) is 32.2 Å². The molecule has 2 aromatic rings. The Kier molecular flexibility index (Phi) is 8.04. The molecule has 0 bridgehead atoms. The topological polar surface area (TPSA) is 126 Å². The van der Waals surface area contributed by atoms with Gasteiger partial charge in [-0.05, 0) is 49.4 Å². The lowest BCUT2D eigenvalue weighted by Gasteiger charge is -2.18. The van der Waals surface area contributed by atoms with Gasteiger partial charge in [0.15, 0.2) is 13.2 Å². The van der Waals surface area contributed by atoms with E-state index in [0.29, 0.717) is 17.2 Å². The van der Waals surface area contributed by atoms with Gasteiger partial charge >= 0.3 is 5.97 Å². The number of rotatable bonds is 10. The van der Waals surface area contributed by atoms with E-state index in [1.807, 2.05) is 0 Å². The molecule has 2 rings (SSSR count). The first-order valence-corrected chi connectivity index (χ1v) is 9.03. The zero-order valence-corrected chi connectivity index (χ0v) is 17.0. The molecule has 0 unspecified atom stereocenters. The molecule has 3 N–H and O–H groups in total. The van der Waals surface area contributed by atoms with E-state index >= 15 is 0 Å². The van der Waals surface area contributed by atoms with E-state index in [-0.39, 0.29) is 12.2 Å². The molecule has 0 aliphatic heterocycles. The van der Waals surface area contributed by atoms with Crippen molar-refractivity contribution in [2.75, 3.05) is 27.4 Å². The minimum absolute atomic E-state index is 0.233. The van der Waals surface area contributed by atoms with E-state index < -0.39 is 30.4 Å². The SMILES string of the molecule is COc1ccc(OC)c([C@H](C)NC(=O)COC(=O)c2ccc(OCC(N)=O)cc2)c1. The molecule has 1 atom stereocenters. The number of amides is 2. The first kappa shape index (κ1) is 22.5. The maximum atomic E-state index is 12.2. The molecule has 0 heterocycles. The third-order valence-corrected chi connectivity index (χ3v) is 4.09. The summed E-state index contributed by atoms with van der Waals surface area (Å²) in [5, 5.41) is 2.75. The number of primary amides is 1. The number of methoxy groups -OCH3 is 2. The molecule has 0 fully saturated rings. The normalized spacial score (nSPS) is 11.2. The van der Waals surface area contributed by atoms with Crippen LogP contribution in [0.4, 0.5) is 0 Å².